The third-order valence-electron chi connectivity index (χ3n) is 1.12. The lowest BCUT2D eigenvalue weighted by atomic mass is 10.3. The molecule has 0 radical (unpaired) electrons. The number of aliphatic carboxylic acids is 1. The first-order chi connectivity index (χ1) is 5.18. The van der Waals surface area contributed by atoms with Gasteiger partial charge in [-0.25, -0.2) is 4.98 Å². The van der Waals surface area contributed by atoms with Crippen LogP contribution in [0.4, 0.5) is 0 Å². The molecule has 1 aromatic rings. The average molecular weight is 172 g/mol. The number of nitrogens with one attached hydrogen (secondary N) is 2. The molecule has 6 heteroatoms. The highest BCUT2D eigenvalue weighted by Crippen LogP contribution is 1.92. The highest BCUT2D eigenvalue weighted by atomic mass is 32.1. The third kappa shape index (κ3) is 2.50. The first kappa shape index (κ1) is 7.93. The van der Waals surface area contributed by atoms with Crippen molar-refractivity contribution in [2.24, 2.45) is 0 Å². The molecule has 0 amide bonds. The van der Waals surface area contributed by atoms with Crippen LogP contribution in [0, 0.1) is 4.77 Å². The summed E-state index contributed by atoms with van der Waals surface area (Å²) in [6.45, 7) is 0. The van der Waals surface area contributed by atoms with Gasteiger partial charge in [-0.3, -0.25) is 10.2 Å². The highest BCUT2D eigenvalue weighted by Gasteiger charge is 1.95. The van der Waals surface area contributed by atoms with Gasteiger partial charge >= 0.3 is 0 Å². The topological polar surface area (TPSA) is 84.6 Å². The van der Waals surface area contributed by atoms with Crippen LogP contribution < -0.4 is 5.11 Å². The van der Waals surface area contributed by atoms with Gasteiger partial charge in [0.2, 0.25) is 4.77 Å². The maximum Gasteiger partial charge on any atom is 0.213 e. The number of rotatable bonds is 3. The first-order valence-corrected chi connectivity index (χ1v) is 3.42. The molecule has 2 N–H and O–H groups in total. The summed E-state index contributed by atoms with van der Waals surface area (Å²) in [6.07, 6.45) is 0.269. The molecule has 0 aromatic carbocycles. The summed E-state index contributed by atoms with van der Waals surface area (Å²) in [6, 6.07) is 0. The standard InChI is InChI=1S/C5H7N3O2S/c9-4(10)2-1-3-6-5(11)8-7-3/h1-2H2,(H,9,10)(H2,6,7,8,11)/p-1. The Balaban J connectivity index is 2.51. The van der Waals surface area contributed by atoms with Gasteiger partial charge in [-0.1, -0.05) is 0 Å². The average Bonchev–Trinajstić information content (AvgIpc) is 2.31. The lowest BCUT2D eigenvalue weighted by Crippen LogP contribution is -2.22. The van der Waals surface area contributed by atoms with E-state index in [-0.39, 0.29) is 6.42 Å². The predicted molar refractivity (Wildman–Crippen MR) is 37.1 cm³/mol. The van der Waals surface area contributed by atoms with Crippen LogP contribution in [0.5, 0.6) is 0 Å². The van der Waals surface area contributed by atoms with E-state index in [4.69, 9.17) is 0 Å². The van der Waals surface area contributed by atoms with Gasteiger partial charge in [-0.05, 0) is 18.6 Å². The van der Waals surface area contributed by atoms with Crippen molar-refractivity contribution in [3.63, 3.8) is 0 Å². The molecular weight excluding hydrogens is 166 g/mol. The number of carboxylic acids is 1. The number of carbonyl (C=O) groups is 1. The maximum absolute atomic E-state index is 9.99. The zero-order valence-electron chi connectivity index (χ0n) is 5.59. The number of hydrogen-bond acceptors (Lipinski definition) is 4. The minimum atomic E-state index is -1.09. The van der Waals surface area contributed by atoms with Gasteiger partial charge in [0.25, 0.3) is 0 Å². The second kappa shape index (κ2) is 3.29. The number of hydrogen-bond donors (Lipinski definition) is 2. The van der Waals surface area contributed by atoms with Crippen molar-refractivity contribution < 1.29 is 9.90 Å². The van der Waals surface area contributed by atoms with Gasteiger partial charge in [0.05, 0.1) is 0 Å². The van der Waals surface area contributed by atoms with Crippen molar-refractivity contribution in [3.8, 4) is 0 Å². The van der Waals surface area contributed by atoms with Crippen LogP contribution in [0.3, 0.4) is 0 Å². The number of H-pyrrole nitrogens is 2. The molecule has 5 nitrogen and oxygen atoms in total. The van der Waals surface area contributed by atoms with Crippen LogP contribution in [0.2, 0.25) is 0 Å². The number of aromatic amines is 2. The molecule has 0 fully saturated rings. The van der Waals surface area contributed by atoms with Crippen molar-refractivity contribution in [1.82, 2.24) is 15.2 Å². The molecule has 0 atom stereocenters. The van der Waals surface area contributed by atoms with E-state index in [1.54, 1.807) is 0 Å². The van der Waals surface area contributed by atoms with Gasteiger partial charge in [0.1, 0.15) is 5.82 Å². The van der Waals surface area contributed by atoms with Crippen molar-refractivity contribution in [2.75, 3.05) is 0 Å². The van der Waals surface area contributed by atoms with Crippen LogP contribution in [0.25, 0.3) is 0 Å². The molecule has 0 bridgehead atoms. The smallest absolute Gasteiger partial charge is 0.213 e. The summed E-state index contributed by atoms with van der Waals surface area (Å²) in [4.78, 5) is 13.8. The number of aromatic nitrogens is 3. The Bertz CT molecular complexity index is 303. The molecule has 1 rings (SSSR count). The predicted octanol–water partition coefficient (Wildman–Crippen LogP) is -0.850. The second-order valence-electron chi connectivity index (χ2n) is 1.99. The van der Waals surface area contributed by atoms with Gasteiger partial charge in [-0.15, -0.1) is 0 Å². The molecule has 0 aliphatic rings. The SMILES string of the molecule is O=C([O-])CCc1nc(=S)[nH][nH]1. The maximum atomic E-state index is 9.99. The fourth-order valence-electron chi connectivity index (χ4n) is 0.643. The van der Waals surface area contributed by atoms with Crippen LogP contribution in [-0.2, 0) is 11.2 Å². The van der Waals surface area contributed by atoms with Crippen molar-refractivity contribution in [1.29, 1.82) is 0 Å². The van der Waals surface area contributed by atoms with Crippen LogP contribution in [-0.4, -0.2) is 21.2 Å². The van der Waals surface area contributed by atoms with Gasteiger partial charge < -0.3 is 9.90 Å². The molecule has 1 aromatic heterocycles. The van der Waals surface area contributed by atoms with Crippen molar-refractivity contribution in [3.05, 3.63) is 10.6 Å². The lowest BCUT2D eigenvalue weighted by Gasteiger charge is -1.96. The van der Waals surface area contributed by atoms with Crippen molar-refractivity contribution in [2.45, 2.75) is 12.8 Å². The summed E-state index contributed by atoms with van der Waals surface area (Å²) in [5.41, 5.74) is 0. The number of carbonyl (C=O) groups excluding carboxylic acids is 1. The van der Waals surface area contributed by atoms with Crippen LogP contribution in [0.15, 0.2) is 0 Å². The van der Waals surface area contributed by atoms with E-state index in [2.05, 4.69) is 27.4 Å². The zero-order valence-corrected chi connectivity index (χ0v) is 6.40. The van der Waals surface area contributed by atoms with Crippen LogP contribution in [0.1, 0.15) is 12.2 Å². The minimum absolute atomic E-state index is 0.0455. The molecule has 0 unspecified atom stereocenters. The molecule has 11 heavy (non-hydrogen) atoms. The summed E-state index contributed by atoms with van der Waals surface area (Å²) in [5, 5.41) is 15.2. The summed E-state index contributed by atoms with van der Waals surface area (Å²) in [5.74, 6) is -0.550. The Morgan fingerprint density at radius 2 is 2.36 bits per heavy atom. The fraction of sp³-hybridized carbons (Fsp3) is 0.400. The molecule has 0 aliphatic carbocycles. The van der Waals surface area contributed by atoms with Gasteiger partial charge in [-0.2, -0.15) is 0 Å². The number of aryl methyl sites for hydroxylation is 1. The van der Waals surface area contributed by atoms with Crippen LogP contribution >= 0.6 is 12.2 Å². The first-order valence-electron chi connectivity index (χ1n) is 3.02. The highest BCUT2D eigenvalue weighted by molar-refractivity contribution is 7.71. The van der Waals surface area contributed by atoms with E-state index in [0.29, 0.717) is 17.0 Å². The quantitative estimate of drug-likeness (QED) is 0.581. The van der Waals surface area contributed by atoms with E-state index in [1.807, 2.05) is 0 Å². The Morgan fingerprint density at radius 3 is 2.82 bits per heavy atom. The van der Waals surface area contributed by atoms with E-state index < -0.39 is 5.97 Å². The lowest BCUT2D eigenvalue weighted by molar-refractivity contribution is -0.305. The summed E-state index contributed by atoms with van der Waals surface area (Å²) >= 11 is 4.65. The zero-order chi connectivity index (χ0) is 8.27. The Hall–Kier alpha value is -1.17. The molecule has 1 heterocycles. The Morgan fingerprint density at radius 1 is 1.64 bits per heavy atom. The van der Waals surface area contributed by atoms with Crippen molar-refractivity contribution >= 4 is 18.2 Å². The van der Waals surface area contributed by atoms with E-state index in [0.717, 1.165) is 0 Å². The van der Waals surface area contributed by atoms with E-state index in [1.165, 1.54) is 0 Å². The van der Waals surface area contributed by atoms with E-state index in [9.17, 15) is 9.90 Å². The van der Waals surface area contributed by atoms with Gasteiger partial charge in [0, 0.05) is 12.4 Å². The molecule has 60 valence electrons. The summed E-state index contributed by atoms with van der Waals surface area (Å²) in [7, 11) is 0. The number of carboxylic acid groups (broad SMARTS) is 1. The minimum Gasteiger partial charge on any atom is -0.550 e. The largest absolute Gasteiger partial charge is 0.550 e. The Labute approximate surface area is 67.5 Å². The molecule has 0 saturated carbocycles. The summed E-state index contributed by atoms with van der Waals surface area (Å²) < 4.78 is 0.332. The fourth-order valence-corrected chi connectivity index (χ4v) is 0.804. The Kier molecular flexibility index (Phi) is 2.37. The second-order valence-corrected chi connectivity index (χ2v) is 2.37. The molecule has 0 aliphatic heterocycles. The normalized spacial score (nSPS) is 9.82. The number of nitrogens with zero attached hydrogens (tertiary/aromatic N) is 1. The monoisotopic (exact) mass is 172 g/mol. The third-order valence-corrected chi connectivity index (χ3v) is 1.31. The molecule has 0 saturated heterocycles. The van der Waals surface area contributed by atoms with Gasteiger partial charge in [0.15, 0.2) is 0 Å². The van der Waals surface area contributed by atoms with E-state index >= 15 is 0 Å². The molecule has 0 spiro atoms. The molecular formula is C5H6N3O2S-.